The van der Waals surface area contributed by atoms with Crippen LogP contribution in [0.4, 0.5) is 0 Å². The Bertz CT molecular complexity index is 179. The fourth-order valence-electron chi connectivity index (χ4n) is 0. The molecule has 9 heteroatoms. The van der Waals surface area contributed by atoms with Gasteiger partial charge in [0.25, 0.3) is 0 Å². The van der Waals surface area contributed by atoms with Crippen molar-refractivity contribution in [3.05, 3.63) is 0 Å². The first-order valence-corrected chi connectivity index (χ1v) is 3.19. The summed E-state index contributed by atoms with van der Waals surface area (Å²) in [7, 11) is -5.17. The van der Waals surface area contributed by atoms with Crippen molar-refractivity contribution in [2.45, 2.75) is 0 Å². The van der Waals surface area contributed by atoms with Gasteiger partial charge in [-0.2, -0.15) is 0 Å². The van der Waals surface area contributed by atoms with Gasteiger partial charge in [-0.15, -0.1) is 0 Å². The molecule has 3 N–H and O–H groups in total. The third-order valence-electron chi connectivity index (χ3n) is 0.175. The van der Waals surface area contributed by atoms with E-state index in [4.69, 9.17) is 22.6 Å². The molecule has 0 aromatic rings. The van der Waals surface area contributed by atoms with E-state index in [0.29, 0.717) is 0 Å². The van der Waals surface area contributed by atoms with Crippen LogP contribution in [0.2, 0.25) is 0 Å². The van der Waals surface area contributed by atoms with Crippen molar-refractivity contribution in [3.8, 4) is 0 Å². The van der Waals surface area contributed by atoms with Crippen molar-refractivity contribution in [2.24, 2.45) is 5.73 Å². The van der Waals surface area contributed by atoms with Gasteiger partial charge in [-0.1, -0.05) is 0 Å². The minimum Gasteiger partial charge on any atom is -0.759 e. The van der Waals surface area contributed by atoms with Crippen LogP contribution < -0.4 is 5.73 Å². The topological polar surface area (TPSA) is 144 Å². The number of carbonyl (C=O) groups is 1. The van der Waals surface area contributed by atoms with Crippen molar-refractivity contribution < 1.29 is 44.2 Å². The number of nitrogens with two attached hydrogens (primary N) is 1. The van der Waals surface area contributed by atoms with Gasteiger partial charge in [-0.05, 0) is 0 Å². The van der Waals surface area contributed by atoms with E-state index in [1.54, 1.807) is 0 Å². The first kappa shape index (κ1) is 17.1. The summed E-state index contributed by atoms with van der Waals surface area (Å²) in [4.78, 5) is 9.24. The van der Waals surface area contributed by atoms with E-state index in [1.807, 2.05) is 0 Å². The maximum atomic E-state index is 9.24. The Kier molecular flexibility index (Phi) is 12.3. The predicted molar refractivity (Wildman–Crippen MR) is 27.2 cm³/mol. The van der Waals surface area contributed by atoms with Crippen LogP contribution in [0.15, 0.2) is 0 Å². The van der Waals surface area contributed by atoms with Crippen LogP contribution in [0, 0.1) is 0 Å². The van der Waals surface area contributed by atoms with E-state index in [1.165, 1.54) is 0 Å². The van der Waals surface area contributed by atoms with Gasteiger partial charge in [0.05, 0.1) is 6.54 Å². The number of aliphatic carboxylic acids is 1. The van der Waals surface area contributed by atoms with Gasteiger partial charge >= 0.3 is 22.7 Å². The van der Waals surface area contributed by atoms with E-state index < -0.39 is 16.4 Å². The molecule has 0 aliphatic heterocycles. The molecule has 0 aliphatic rings. The van der Waals surface area contributed by atoms with Crippen LogP contribution in [0.1, 0.15) is 0 Å². The molecule has 0 rings (SSSR count). The van der Waals surface area contributed by atoms with Gasteiger partial charge in [0.2, 0.25) is 0 Å². The average Bonchev–Trinajstić information content (AvgIpc) is 1.61. The summed E-state index contributed by atoms with van der Waals surface area (Å²) in [6, 6.07) is 0. The Morgan fingerprint density at radius 1 is 1.45 bits per heavy atom. The van der Waals surface area contributed by atoms with Crippen molar-refractivity contribution in [1.82, 2.24) is 0 Å². The minimum atomic E-state index is -5.17. The molecular weight excluding hydrogens is 225 g/mol. The number of rotatable bonds is 1. The van der Waals surface area contributed by atoms with Crippen LogP contribution in [-0.4, -0.2) is 35.1 Å². The Morgan fingerprint density at radius 3 is 1.55 bits per heavy atom. The third-order valence-corrected chi connectivity index (χ3v) is 0.175. The number of hydrogen-bond acceptors (Lipinski definition) is 6. The quantitative estimate of drug-likeness (QED) is 0.380. The molecule has 0 unspecified atom stereocenters. The Balaban J connectivity index is -0.000000107. The van der Waals surface area contributed by atoms with Gasteiger partial charge in [0.15, 0.2) is 0 Å². The van der Waals surface area contributed by atoms with Crippen LogP contribution in [0.5, 0.6) is 0 Å². The molecule has 0 aliphatic carbocycles. The van der Waals surface area contributed by atoms with Gasteiger partial charge in [-0.25, -0.2) is 0 Å². The summed E-state index contributed by atoms with van der Waals surface area (Å²) in [5, 5.41) is 7.60. The smallest absolute Gasteiger partial charge is 0.759 e. The molecule has 0 spiro atoms. The van der Waals surface area contributed by atoms with Crippen molar-refractivity contribution in [1.29, 1.82) is 0 Å². The van der Waals surface area contributed by atoms with E-state index in [-0.39, 0.29) is 23.3 Å². The molecule has 0 fully saturated rings. The molecule has 0 saturated heterocycles. The molecule has 0 bridgehead atoms. The zero-order valence-electron chi connectivity index (χ0n) is 5.01. The van der Waals surface area contributed by atoms with E-state index in [2.05, 4.69) is 5.73 Å². The van der Waals surface area contributed by atoms with Crippen molar-refractivity contribution >= 4 is 16.4 Å². The molecule has 0 aromatic heterocycles. The molecule has 0 atom stereocenters. The minimum absolute atomic E-state index is 0. The Morgan fingerprint density at radius 2 is 1.55 bits per heavy atom. The number of carboxylic acids is 1. The average molecular weight is 230 g/mol. The maximum Gasteiger partial charge on any atom is 2.00 e. The number of hydrogen-bond donors (Lipinski definition) is 2. The second-order valence-electron chi connectivity index (χ2n) is 1.01. The molecule has 0 amide bonds. The summed E-state index contributed by atoms with van der Waals surface area (Å²) < 4.78 is 34.1. The van der Waals surface area contributed by atoms with Gasteiger partial charge in [0, 0.05) is 10.4 Å². The summed E-state index contributed by atoms with van der Waals surface area (Å²) in [6.45, 7) is -0.278. The first-order chi connectivity index (χ1) is 4.27. The largest absolute Gasteiger partial charge is 2.00 e. The SMILES string of the molecule is NCC(=O)O.O=S(=O)([O-])[O-].[Co+2]. The van der Waals surface area contributed by atoms with Crippen LogP contribution in [0.3, 0.4) is 0 Å². The van der Waals surface area contributed by atoms with Crippen LogP contribution >= 0.6 is 0 Å². The summed E-state index contributed by atoms with van der Waals surface area (Å²) in [5.41, 5.74) is 4.57. The van der Waals surface area contributed by atoms with Gasteiger partial charge in [0.1, 0.15) is 0 Å². The van der Waals surface area contributed by atoms with Crippen molar-refractivity contribution in [2.75, 3.05) is 6.54 Å². The summed E-state index contributed by atoms with van der Waals surface area (Å²) in [5.74, 6) is -0.968. The third kappa shape index (κ3) is 183. The summed E-state index contributed by atoms with van der Waals surface area (Å²) in [6.07, 6.45) is 0. The second kappa shape index (κ2) is 7.91. The van der Waals surface area contributed by atoms with Gasteiger partial charge < -0.3 is 19.9 Å². The molecular formula is C2H5CoNO6S. The van der Waals surface area contributed by atoms with Crippen molar-refractivity contribution in [3.63, 3.8) is 0 Å². The zero-order valence-corrected chi connectivity index (χ0v) is 6.87. The maximum absolute atomic E-state index is 9.24. The summed E-state index contributed by atoms with van der Waals surface area (Å²) >= 11 is 0. The molecule has 0 heterocycles. The molecule has 7 nitrogen and oxygen atoms in total. The van der Waals surface area contributed by atoms with Crippen LogP contribution in [-0.2, 0) is 32.0 Å². The zero-order chi connectivity index (χ0) is 8.78. The fraction of sp³-hybridized carbons (Fsp3) is 0.500. The standard InChI is InChI=1S/C2H5NO2.Co.H2O4S/c3-1-2(4)5;;1-5(2,3)4/h1,3H2,(H,4,5);;(H2,1,2,3,4)/q;+2;/p-2. The molecule has 11 heavy (non-hydrogen) atoms. The normalized spacial score (nSPS) is 8.64. The first-order valence-electron chi connectivity index (χ1n) is 1.86. The second-order valence-corrected chi connectivity index (χ2v) is 1.82. The monoisotopic (exact) mass is 230 g/mol. The fourth-order valence-corrected chi connectivity index (χ4v) is 0. The van der Waals surface area contributed by atoms with E-state index in [0.717, 1.165) is 0 Å². The molecule has 0 aromatic carbocycles. The van der Waals surface area contributed by atoms with Crippen LogP contribution in [0.25, 0.3) is 0 Å². The molecule has 69 valence electrons. The Labute approximate surface area is 73.4 Å². The number of carboxylic acid groups (broad SMARTS) is 1. The Hall–Kier alpha value is -0.194. The molecule has 1 radical (unpaired) electrons. The van der Waals surface area contributed by atoms with Gasteiger partial charge in [-0.3, -0.25) is 13.2 Å². The molecule has 0 saturated carbocycles. The predicted octanol–water partition coefficient (Wildman–Crippen LogP) is -2.31. The van der Waals surface area contributed by atoms with E-state index in [9.17, 15) is 4.79 Å². The van der Waals surface area contributed by atoms with E-state index >= 15 is 0 Å².